The summed E-state index contributed by atoms with van der Waals surface area (Å²) in [6.07, 6.45) is 6.44. The molecule has 4 rings (SSSR count). The smallest absolute Gasteiger partial charge is 0.106 e. The van der Waals surface area contributed by atoms with Gasteiger partial charge in [-0.3, -0.25) is 0 Å². The Morgan fingerprint density at radius 2 is 1.89 bits per heavy atom. The topological polar surface area (TPSA) is 53.6 Å². The first-order chi connectivity index (χ1) is 13.8. The molecule has 4 nitrogen and oxygen atoms in total. The van der Waals surface area contributed by atoms with Gasteiger partial charge in [0.05, 0.1) is 29.6 Å². The molecule has 1 aromatic heterocycles. The van der Waals surface area contributed by atoms with Crippen molar-refractivity contribution in [3.05, 3.63) is 89.0 Å². The van der Waals surface area contributed by atoms with Gasteiger partial charge in [-0.2, -0.15) is 5.26 Å². The fourth-order valence-electron chi connectivity index (χ4n) is 4.25. The van der Waals surface area contributed by atoms with Gasteiger partial charge in [-0.25, -0.2) is 4.98 Å². The summed E-state index contributed by atoms with van der Waals surface area (Å²) in [5.41, 5.74) is 4.64. The van der Waals surface area contributed by atoms with Gasteiger partial charge in [0.15, 0.2) is 0 Å². The molecule has 0 bridgehead atoms. The summed E-state index contributed by atoms with van der Waals surface area (Å²) in [6.45, 7) is 3.09. The second-order valence-electron chi connectivity index (χ2n) is 7.52. The SMILES string of the molecule is Cc1ncc2n1[C@@H](c1ccc(C#N)cc1)CC[C@H]2NCCCc1ccccc1. The number of hydrogen-bond donors (Lipinski definition) is 1. The maximum Gasteiger partial charge on any atom is 0.106 e. The van der Waals surface area contributed by atoms with Crippen LogP contribution in [0.5, 0.6) is 0 Å². The molecule has 0 fully saturated rings. The lowest BCUT2D eigenvalue weighted by Gasteiger charge is -2.33. The summed E-state index contributed by atoms with van der Waals surface area (Å²) in [5.74, 6) is 1.06. The molecule has 3 aromatic rings. The number of hydrogen-bond acceptors (Lipinski definition) is 3. The predicted molar refractivity (Wildman–Crippen MR) is 111 cm³/mol. The van der Waals surface area contributed by atoms with E-state index in [0.29, 0.717) is 17.6 Å². The van der Waals surface area contributed by atoms with Gasteiger partial charge in [-0.15, -0.1) is 0 Å². The van der Waals surface area contributed by atoms with Crippen molar-refractivity contribution in [2.24, 2.45) is 0 Å². The van der Waals surface area contributed by atoms with Crippen LogP contribution in [0.2, 0.25) is 0 Å². The van der Waals surface area contributed by atoms with E-state index in [1.165, 1.54) is 16.8 Å². The number of rotatable bonds is 6. The minimum Gasteiger partial charge on any atom is -0.323 e. The predicted octanol–water partition coefficient (Wildman–Crippen LogP) is 4.71. The molecule has 2 atom stereocenters. The Kier molecular flexibility index (Phi) is 5.55. The molecule has 1 aliphatic rings. The van der Waals surface area contributed by atoms with Gasteiger partial charge >= 0.3 is 0 Å². The molecular weight excluding hydrogens is 344 g/mol. The average molecular weight is 371 g/mol. The third-order valence-electron chi connectivity index (χ3n) is 5.71. The van der Waals surface area contributed by atoms with Crippen LogP contribution in [-0.2, 0) is 6.42 Å². The summed E-state index contributed by atoms with van der Waals surface area (Å²) in [7, 11) is 0. The number of nitrogens with zero attached hydrogens (tertiary/aromatic N) is 3. The molecule has 1 aliphatic heterocycles. The van der Waals surface area contributed by atoms with Crippen LogP contribution in [0.4, 0.5) is 0 Å². The molecule has 0 saturated heterocycles. The van der Waals surface area contributed by atoms with Crippen molar-refractivity contribution in [3.63, 3.8) is 0 Å². The van der Waals surface area contributed by atoms with Crippen LogP contribution in [0, 0.1) is 18.3 Å². The first-order valence-electron chi connectivity index (χ1n) is 10.1. The molecule has 0 saturated carbocycles. The van der Waals surface area contributed by atoms with Crippen LogP contribution >= 0.6 is 0 Å². The van der Waals surface area contributed by atoms with Crippen LogP contribution in [-0.4, -0.2) is 16.1 Å². The fraction of sp³-hybridized carbons (Fsp3) is 0.333. The van der Waals surface area contributed by atoms with Gasteiger partial charge in [0, 0.05) is 6.04 Å². The molecule has 1 N–H and O–H groups in total. The highest BCUT2D eigenvalue weighted by Gasteiger charge is 2.29. The van der Waals surface area contributed by atoms with Gasteiger partial charge in [0.1, 0.15) is 5.82 Å². The molecule has 0 unspecified atom stereocenters. The summed E-state index contributed by atoms with van der Waals surface area (Å²) in [4.78, 5) is 4.60. The standard InChI is InChI=1S/C24H26N4/c1-18-27-17-24-22(26-15-5-8-19-6-3-2-4-7-19)13-14-23(28(18)24)21-11-9-20(16-25)10-12-21/h2-4,6-7,9-12,17,22-23,26H,5,8,13-15H2,1H3/t22-,23-/m1/s1. The lowest BCUT2D eigenvalue weighted by Crippen LogP contribution is -2.31. The van der Waals surface area contributed by atoms with Crippen molar-refractivity contribution in [2.45, 2.75) is 44.7 Å². The minimum absolute atomic E-state index is 0.299. The number of fused-ring (bicyclic) bond motifs is 1. The molecule has 2 heterocycles. The van der Waals surface area contributed by atoms with Crippen molar-refractivity contribution in [1.29, 1.82) is 5.26 Å². The molecule has 0 spiro atoms. The summed E-state index contributed by atoms with van der Waals surface area (Å²) in [6, 6.07) is 21.5. The number of aryl methyl sites for hydroxylation is 2. The highest BCUT2D eigenvalue weighted by atomic mass is 15.1. The van der Waals surface area contributed by atoms with Crippen LogP contribution in [0.1, 0.15) is 59.6 Å². The Hall–Kier alpha value is -2.90. The van der Waals surface area contributed by atoms with Crippen molar-refractivity contribution >= 4 is 0 Å². The molecule has 28 heavy (non-hydrogen) atoms. The Balaban J connectivity index is 1.43. The first kappa shape index (κ1) is 18.5. The average Bonchev–Trinajstić information content (AvgIpc) is 3.14. The van der Waals surface area contributed by atoms with E-state index in [2.05, 4.69) is 70.3 Å². The number of benzene rings is 2. The zero-order valence-corrected chi connectivity index (χ0v) is 16.3. The lowest BCUT2D eigenvalue weighted by molar-refractivity contribution is 0.355. The number of aromatic nitrogens is 2. The number of nitriles is 1. The van der Waals surface area contributed by atoms with E-state index in [0.717, 1.165) is 38.1 Å². The van der Waals surface area contributed by atoms with Crippen LogP contribution in [0.3, 0.4) is 0 Å². The van der Waals surface area contributed by atoms with E-state index in [1.807, 2.05) is 18.3 Å². The molecule has 4 heteroatoms. The van der Waals surface area contributed by atoms with E-state index in [4.69, 9.17) is 5.26 Å². The van der Waals surface area contributed by atoms with Gasteiger partial charge in [0.2, 0.25) is 0 Å². The van der Waals surface area contributed by atoms with E-state index in [-0.39, 0.29) is 0 Å². The normalized spacial score (nSPS) is 18.4. The zero-order valence-electron chi connectivity index (χ0n) is 16.3. The molecule has 0 aliphatic carbocycles. The van der Waals surface area contributed by atoms with E-state index < -0.39 is 0 Å². The minimum atomic E-state index is 0.299. The molecule has 142 valence electrons. The second kappa shape index (κ2) is 8.41. The Bertz CT molecular complexity index is 951. The van der Waals surface area contributed by atoms with Crippen molar-refractivity contribution in [2.75, 3.05) is 6.54 Å². The molecule has 0 radical (unpaired) electrons. The fourth-order valence-corrected chi connectivity index (χ4v) is 4.25. The summed E-state index contributed by atoms with van der Waals surface area (Å²) < 4.78 is 2.37. The Morgan fingerprint density at radius 3 is 2.64 bits per heavy atom. The second-order valence-corrected chi connectivity index (χ2v) is 7.52. The monoisotopic (exact) mass is 370 g/mol. The maximum absolute atomic E-state index is 9.04. The quantitative estimate of drug-likeness (QED) is 0.639. The van der Waals surface area contributed by atoms with Crippen LogP contribution in [0.15, 0.2) is 60.8 Å². The highest BCUT2D eigenvalue weighted by molar-refractivity contribution is 5.34. The van der Waals surface area contributed by atoms with Gasteiger partial charge < -0.3 is 9.88 Å². The highest BCUT2D eigenvalue weighted by Crippen LogP contribution is 2.37. The van der Waals surface area contributed by atoms with E-state index in [9.17, 15) is 0 Å². The third kappa shape index (κ3) is 3.85. The summed E-state index contributed by atoms with van der Waals surface area (Å²) >= 11 is 0. The Morgan fingerprint density at radius 1 is 1.11 bits per heavy atom. The lowest BCUT2D eigenvalue weighted by atomic mass is 9.92. The van der Waals surface area contributed by atoms with Crippen molar-refractivity contribution in [3.8, 4) is 6.07 Å². The Labute approximate surface area is 166 Å². The van der Waals surface area contributed by atoms with Crippen LogP contribution < -0.4 is 5.32 Å². The third-order valence-corrected chi connectivity index (χ3v) is 5.71. The number of nitrogens with one attached hydrogen (secondary N) is 1. The molecular formula is C24H26N4. The molecule has 2 aromatic carbocycles. The van der Waals surface area contributed by atoms with Crippen molar-refractivity contribution < 1.29 is 0 Å². The zero-order chi connectivity index (χ0) is 19.3. The van der Waals surface area contributed by atoms with Gasteiger partial charge in [0.25, 0.3) is 0 Å². The van der Waals surface area contributed by atoms with Crippen molar-refractivity contribution in [1.82, 2.24) is 14.9 Å². The van der Waals surface area contributed by atoms with Gasteiger partial charge in [-0.1, -0.05) is 42.5 Å². The largest absolute Gasteiger partial charge is 0.323 e. The van der Waals surface area contributed by atoms with Crippen LogP contribution in [0.25, 0.3) is 0 Å². The van der Waals surface area contributed by atoms with E-state index in [1.54, 1.807) is 0 Å². The number of imidazole rings is 1. The first-order valence-corrected chi connectivity index (χ1v) is 10.1. The van der Waals surface area contributed by atoms with Gasteiger partial charge in [-0.05, 0) is 62.4 Å². The molecule has 0 amide bonds. The summed E-state index contributed by atoms with van der Waals surface area (Å²) in [5, 5.41) is 12.8. The van der Waals surface area contributed by atoms with E-state index >= 15 is 0 Å². The maximum atomic E-state index is 9.04.